The lowest BCUT2D eigenvalue weighted by Gasteiger charge is -2.36. The molecule has 3 aromatic rings. The van der Waals surface area contributed by atoms with E-state index in [4.69, 9.17) is 0 Å². The molecule has 0 N–H and O–H groups in total. The third-order valence-corrected chi connectivity index (χ3v) is 8.90. The first-order valence-electron chi connectivity index (χ1n) is 10.5. The Balaban J connectivity index is 1.73. The van der Waals surface area contributed by atoms with Crippen LogP contribution in [0.5, 0.6) is 0 Å². The molecule has 0 saturated heterocycles. The third-order valence-electron chi connectivity index (χ3n) is 5.88. The fourth-order valence-electron chi connectivity index (χ4n) is 4.28. The van der Waals surface area contributed by atoms with Crippen LogP contribution in [0.4, 0.5) is 0 Å². The summed E-state index contributed by atoms with van der Waals surface area (Å²) < 4.78 is 29.0. The SMILES string of the molecule is CCN(CC)S(=O)(=O)c1cc(C(=O)N2CCc3sccc3C2c2ccccc2)n(C)c1. The van der Waals surface area contributed by atoms with Gasteiger partial charge in [-0.1, -0.05) is 44.2 Å². The van der Waals surface area contributed by atoms with Gasteiger partial charge in [-0.25, -0.2) is 8.42 Å². The van der Waals surface area contributed by atoms with E-state index in [0.717, 1.165) is 17.5 Å². The summed E-state index contributed by atoms with van der Waals surface area (Å²) in [5, 5.41) is 2.08. The Morgan fingerprint density at radius 3 is 2.55 bits per heavy atom. The second kappa shape index (κ2) is 8.61. The molecule has 1 amide bonds. The molecule has 31 heavy (non-hydrogen) atoms. The van der Waals surface area contributed by atoms with Crippen LogP contribution in [0.15, 0.2) is 58.9 Å². The van der Waals surface area contributed by atoms with Crippen molar-refractivity contribution in [3.8, 4) is 0 Å². The number of hydrogen-bond acceptors (Lipinski definition) is 4. The van der Waals surface area contributed by atoms with Crippen LogP contribution in [-0.2, 0) is 23.5 Å². The van der Waals surface area contributed by atoms with E-state index in [-0.39, 0.29) is 16.8 Å². The molecule has 6 nitrogen and oxygen atoms in total. The van der Waals surface area contributed by atoms with Crippen LogP contribution in [0.1, 0.15) is 46.4 Å². The Bertz CT molecular complexity index is 1180. The van der Waals surface area contributed by atoms with Crippen molar-refractivity contribution in [1.82, 2.24) is 13.8 Å². The van der Waals surface area contributed by atoms with Crippen molar-refractivity contribution in [3.05, 3.63) is 75.7 Å². The van der Waals surface area contributed by atoms with E-state index in [1.807, 2.05) is 49.1 Å². The summed E-state index contributed by atoms with van der Waals surface area (Å²) in [6.07, 6.45) is 2.34. The van der Waals surface area contributed by atoms with Gasteiger partial charge >= 0.3 is 0 Å². The first-order chi connectivity index (χ1) is 14.9. The summed E-state index contributed by atoms with van der Waals surface area (Å²) in [6.45, 7) is 4.99. The Morgan fingerprint density at radius 2 is 1.87 bits per heavy atom. The number of aromatic nitrogens is 1. The van der Waals surface area contributed by atoms with E-state index in [1.165, 1.54) is 15.2 Å². The summed E-state index contributed by atoms with van der Waals surface area (Å²) >= 11 is 1.72. The summed E-state index contributed by atoms with van der Waals surface area (Å²) in [5.41, 5.74) is 2.59. The number of carbonyl (C=O) groups excluding carboxylic acids is 1. The highest BCUT2D eigenvalue weighted by atomic mass is 32.2. The highest BCUT2D eigenvalue weighted by Crippen LogP contribution is 2.38. The number of rotatable bonds is 6. The maximum atomic E-state index is 13.7. The lowest BCUT2D eigenvalue weighted by atomic mass is 9.93. The molecule has 4 rings (SSSR count). The number of benzene rings is 1. The van der Waals surface area contributed by atoms with Crippen LogP contribution >= 0.6 is 11.3 Å². The molecule has 0 aliphatic carbocycles. The fraction of sp³-hybridized carbons (Fsp3) is 0.348. The molecule has 3 heterocycles. The minimum Gasteiger partial charge on any atom is -0.345 e. The average Bonchev–Trinajstić information content (AvgIpc) is 3.40. The fourth-order valence-corrected chi connectivity index (χ4v) is 6.71. The molecule has 164 valence electrons. The van der Waals surface area contributed by atoms with Crippen molar-refractivity contribution in [1.29, 1.82) is 0 Å². The molecule has 1 unspecified atom stereocenters. The Morgan fingerprint density at radius 1 is 1.16 bits per heavy atom. The van der Waals surface area contributed by atoms with E-state index in [2.05, 4.69) is 11.4 Å². The van der Waals surface area contributed by atoms with E-state index in [9.17, 15) is 13.2 Å². The van der Waals surface area contributed by atoms with Gasteiger partial charge in [-0.3, -0.25) is 4.79 Å². The zero-order valence-electron chi connectivity index (χ0n) is 18.0. The van der Waals surface area contributed by atoms with Crippen LogP contribution in [0, 0.1) is 0 Å². The van der Waals surface area contributed by atoms with E-state index in [1.54, 1.807) is 29.1 Å². The van der Waals surface area contributed by atoms with Crippen LogP contribution in [0.2, 0.25) is 0 Å². The van der Waals surface area contributed by atoms with Crippen molar-refractivity contribution in [2.24, 2.45) is 7.05 Å². The summed E-state index contributed by atoms with van der Waals surface area (Å²) in [7, 11) is -1.90. The van der Waals surface area contributed by atoms with Gasteiger partial charge in [-0.15, -0.1) is 11.3 Å². The van der Waals surface area contributed by atoms with E-state index in [0.29, 0.717) is 25.3 Å². The molecular formula is C23H27N3O3S2. The molecule has 1 aliphatic rings. The van der Waals surface area contributed by atoms with Gasteiger partial charge in [0, 0.05) is 37.8 Å². The van der Waals surface area contributed by atoms with Gasteiger partial charge in [0.1, 0.15) is 10.6 Å². The topological polar surface area (TPSA) is 62.6 Å². The lowest BCUT2D eigenvalue weighted by Crippen LogP contribution is -2.40. The van der Waals surface area contributed by atoms with Crippen LogP contribution in [0.25, 0.3) is 0 Å². The largest absolute Gasteiger partial charge is 0.345 e. The van der Waals surface area contributed by atoms with Gasteiger partial charge in [0.2, 0.25) is 10.0 Å². The molecule has 0 saturated carbocycles. The zero-order valence-corrected chi connectivity index (χ0v) is 19.6. The number of aryl methyl sites for hydroxylation is 1. The molecule has 1 aromatic carbocycles. The standard InChI is InChI=1S/C23H27N3O3S2/c1-4-25(5-2)31(28,29)18-15-20(24(3)16-18)23(27)26-13-11-21-19(12-14-30-21)22(26)17-9-7-6-8-10-17/h6-10,12,14-16,22H,4-5,11,13H2,1-3H3. The highest BCUT2D eigenvalue weighted by Gasteiger charge is 2.35. The molecule has 0 spiro atoms. The number of fused-ring (bicyclic) bond motifs is 1. The third kappa shape index (κ3) is 3.84. The van der Waals surface area contributed by atoms with Crippen molar-refractivity contribution in [2.45, 2.75) is 31.2 Å². The Hall–Kier alpha value is -2.42. The predicted octanol–water partition coefficient (Wildman–Crippen LogP) is 3.91. The average molecular weight is 458 g/mol. The highest BCUT2D eigenvalue weighted by molar-refractivity contribution is 7.89. The molecule has 0 radical (unpaired) electrons. The minimum atomic E-state index is -3.63. The first kappa shape index (κ1) is 21.8. The van der Waals surface area contributed by atoms with Gasteiger partial charge in [0.25, 0.3) is 5.91 Å². The maximum absolute atomic E-state index is 13.7. The number of nitrogens with zero attached hydrogens (tertiary/aromatic N) is 3. The van der Waals surface area contributed by atoms with Gasteiger partial charge in [0.05, 0.1) is 6.04 Å². The predicted molar refractivity (Wildman–Crippen MR) is 123 cm³/mol. The maximum Gasteiger partial charge on any atom is 0.271 e. The number of sulfonamides is 1. The molecular weight excluding hydrogens is 430 g/mol. The number of hydrogen-bond donors (Lipinski definition) is 0. The van der Waals surface area contributed by atoms with E-state index < -0.39 is 10.0 Å². The molecule has 1 aliphatic heterocycles. The second-order valence-corrected chi connectivity index (χ2v) is 10.6. The van der Waals surface area contributed by atoms with Gasteiger partial charge in [-0.05, 0) is 35.1 Å². The monoisotopic (exact) mass is 457 g/mol. The van der Waals surface area contributed by atoms with E-state index >= 15 is 0 Å². The number of thiophene rings is 1. The molecule has 8 heteroatoms. The smallest absolute Gasteiger partial charge is 0.271 e. The summed E-state index contributed by atoms with van der Waals surface area (Å²) in [4.78, 5) is 17.0. The van der Waals surface area contributed by atoms with Crippen LogP contribution in [0.3, 0.4) is 0 Å². The first-order valence-corrected chi connectivity index (χ1v) is 12.8. The summed E-state index contributed by atoms with van der Waals surface area (Å²) in [5.74, 6) is -0.158. The number of carbonyl (C=O) groups is 1. The zero-order chi connectivity index (χ0) is 22.2. The van der Waals surface area contributed by atoms with Crippen molar-refractivity contribution >= 4 is 27.3 Å². The van der Waals surface area contributed by atoms with Gasteiger partial charge in [0.15, 0.2) is 0 Å². The quantitative estimate of drug-likeness (QED) is 0.564. The summed E-state index contributed by atoms with van der Waals surface area (Å²) in [6, 6.07) is 13.4. The molecule has 0 fully saturated rings. The van der Waals surface area contributed by atoms with Crippen LogP contribution in [-0.4, -0.2) is 47.7 Å². The molecule has 1 atom stereocenters. The lowest BCUT2D eigenvalue weighted by molar-refractivity contribution is 0.0686. The Labute approximate surface area is 187 Å². The van der Waals surface area contributed by atoms with Crippen molar-refractivity contribution in [3.63, 3.8) is 0 Å². The normalized spacial score (nSPS) is 16.5. The van der Waals surface area contributed by atoms with Crippen molar-refractivity contribution in [2.75, 3.05) is 19.6 Å². The van der Waals surface area contributed by atoms with Gasteiger partial charge < -0.3 is 9.47 Å². The second-order valence-electron chi connectivity index (χ2n) is 7.62. The van der Waals surface area contributed by atoms with Gasteiger partial charge in [-0.2, -0.15) is 4.31 Å². The minimum absolute atomic E-state index is 0.158. The van der Waals surface area contributed by atoms with Crippen molar-refractivity contribution < 1.29 is 13.2 Å². The number of amides is 1. The van der Waals surface area contributed by atoms with Crippen LogP contribution < -0.4 is 0 Å². The molecule has 2 aromatic heterocycles. The Kier molecular flexibility index (Phi) is 6.05. The molecule has 0 bridgehead atoms.